The van der Waals surface area contributed by atoms with E-state index in [1.165, 1.54) is 0 Å². The molecule has 1 aromatic carbocycles. The highest BCUT2D eigenvalue weighted by atomic mass is 19.4. The second kappa shape index (κ2) is 5.73. The van der Waals surface area contributed by atoms with E-state index in [9.17, 15) is 22.0 Å². The molecule has 2 atom stereocenters. The summed E-state index contributed by atoms with van der Waals surface area (Å²) in [4.78, 5) is 7.70. The fourth-order valence-corrected chi connectivity index (χ4v) is 3.42. The number of halogens is 5. The van der Waals surface area contributed by atoms with Crippen LogP contribution >= 0.6 is 0 Å². The molecule has 0 aliphatic carbocycles. The van der Waals surface area contributed by atoms with Gasteiger partial charge in [-0.05, 0) is 29.8 Å². The van der Waals surface area contributed by atoms with Gasteiger partial charge in [-0.25, -0.2) is 18.7 Å². The number of hydrogen-bond donors (Lipinski definition) is 1. The van der Waals surface area contributed by atoms with Crippen molar-refractivity contribution in [2.75, 3.05) is 0 Å². The molecule has 0 saturated heterocycles. The first-order valence-electron chi connectivity index (χ1n) is 7.87. The van der Waals surface area contributed by atoms with Crippen molar-refractivity contribution >= 4 is 11.0 Å². The molecule has 0 spiro atoms. The second-order valence-electron chi connectivity index (χ2n) is 6.33. The molecule has 0 bridgehead atoms. The number of pyridine rings is 1. The van der Waals surface area contributed by atoms with E-state index in [0.717, 1.165) is 30.5 Å². The van der Waals surface area contributed by atoms with Crippen LogP contribution in [0.4, 0.5) is 22.0 Å². The summed E-state index contributed by atoms with van der Waals surface area (Å²) in [5, 5.41) is 0. The molecule has 3 heterocycles. The summed E-state index contributed by atoms with van der Waals surface area (Å²) in [6, 6.07) is 3.49. The number of fused-ring (bicyclic) bond motifs is 3. The summed E-state index contributed by atoms with van der Waals surface area (Å²) in [6.45, 7) is 0.147. The molecule has 2 aromatic heterocycles. The standard InChI is InChI=1S/C17H13F5N4/c18-8-1-2-11(19)9(3-8)10-4-16-25-13-6-24-15(17(20,21)22)5-14(13)26(16)7-12(10)23/h1-3,5-6,10,12H,4,7,23H2/t10-,12?/m1/s1. The van der Waals surface area contributed by atoms with Gasteiger partial charge in [0.15, 0.2) is 0 Å². The lowest BCUT2D eigenvalue weighted by atomic mass is 9.86. The minimum absolute atomic E-state index is 0.143. The normalized spacial score (nSPS) is 20.4. The zero-order valence-electron chi connectivity index (χ0n) is 13.3. The van der Waals surface area contributed by atoms with E-state index >= 15 is 0 Å². The fraction of sp³-hybridized carbons (Fsp3) is 0.294. The van der Waals surface area contributed by atoms with Crippen molar-refractivity contribution < 1.29 is 22.0 Å². The molecule has 26 heavy (non-hydrogen) atoms. The van der Waals surface area contributed by atoms with Crippen LogP contribution in [0.5, 0.6) is 0 Å². The number of alkyl halides is 3. The Labute approximate surface area is 144 Å². The van der Waals surface area contributed by atoms with Gasteiger partial charge < -0.3 is 10.3 Å². The predicted octanol–water partition coefficient (Wildman–Crippen LogP) is 3.40. The van der Waals surface area contributed by atoms with Crippen molar-refractivity contribution in [3.8, 4) is 0 Å². The van der Waals surface area contributed by atoms with Crippen LogP contribution in [0, 0.1) is 11.6 Å². The zero-order valence-corrected chi connectivity index (χ0v) is 13.3. The largest absolute Gasteiger partial charge is 0.433 e. The molecule has 1 aliphatic heterocycles. The van der Waals surface area contributed by atoms with Crippen LogP contribution in [0.2, 0.25) is 0 Å². The van der Waals surface area contributed by atoms with Crippen LogP contribution < -0.4 is 5.73 Å². The molecule has 9 heteroatoms. The number of hydrogen-bond acceptors (Lipinski definition) is 3. The lowest BCUT2D eigenvalue weighted by Gasteiger charge is -2.30. The van der Waals surface area contributed by atoms with Crippen molar-refractivity contribution in [2.45, 2.75) is 31.1 Å². The molecule has 0 saturated carbocycles. The third-order valence-electron chi connectivity index (χ3n) is 4.67. The number of imidazole rings is 1. The van der Waals surface area contributed by atoms with Crippen LogP contribution in [-0.4, -0.2) is 20.6 Å². The Morgan fingerprint density at radius 1 is 1.15 bits per heavy atom. The Hall–Kier alpha value is -2.55. The van der Waals surface area contributed by atoms with Crippen molar-refractivity contribution in [1.82, 2.24) is 14.5 Å². The topological polar surface area (TPSA) is 56.7 Å². The Morgan fingerprint density at radius 2 is 1.92 bits per heavy atom. The second-order valence-corrected chi connectivity index (χ2v) is 6.33. The number of aromatic nitrogens is 3. The Kier molecular flexibility index (Phi) is 3.72. The Balaban J connectivity index is 1.78. The van der Waals surface area contributed by atoms with E-state index in [4.69, 9.17) is 5.73 Å². The monoisotopic (exact) mass is 368 g/mol. The number of rotatable bonds is 1. The molecular formula is C17H13F5N4. The predicted molar refractivity (Wildman–Crippen MR) is 83.3 cm³/mol. The van der Waals surface area contributed by atoms with E-state index in [1.807, 2.05) is 0 Å². The van der Waals surface area contributed by atoms with Gasteiger partial charge in [-0.1, -0.05) is 0 Å². The maximum absolute atomic E-state index is 14.1. The summed E-state index contributed by atoms with van der Waals surface area (Å²) in [7, 11) is 0. The lowest BCUT2D eigenvalue weighted by Crippen LogP contribution is -2.39. The van der Waals surface area contributed by atoms with E-state index in [0.29, 0.717) is 11.3 Å². The fourth-order valence-electron chi connectivity index (χ4n) is 3.42. The highest BCUT2D eigenvalue weighted by molar-refractivity contribution is 5.76. The molecular weight excluding hydrogens is 355 g/mol. The van der Waals surface area contributed by atoms with E-state index in [-0.39, 0.29) is 24.0 Å². The maximum atomic E-state index is 14.1. The first kappa shape index (κ1) is 16.9. The highest BCUT2D eigenvalue weighted by Crippen LogP contribution is 2.34. The van der Waals surface area contributed by atoms with Crippen molar-refractivity contribution in [3.63, 3.8) is 0 Å². The van der Waals surface area contributed by atoms with Crippen LogP contribution in [-0.2, 0) is 19.1 Å². The molecule has 1 unspecified atom stereocenters. The van der Waals surface area contributed by atoms with E-state index in [2.05, 4.69) is 9.97 Å². The summed E-state index contributed by atoms with van der Waals surface area (Å²) < 4.78 is 67.9. The van der Waals surface area contributed by atoms with Gasteiger partial charge >= 0.3 is 6.18 Å². The minimum Gasteiger partial charge on any atom is -0.326 e. The molecule has 0 fully saturated rings. The summed E-state index contributed by atoms with van der Waals surface area (Å²) in [5.74, 6) is -1.20. The van der Waals surface area contributed by atoms with Gasteiger partial charge in [0.25, 0.3) is 0 Å². The molecule has 1 aliphatic rings. The average Bonchev–Trinajstić information content (AvgIpc) is 2.92. The molecule has 0 radical (unpaired) electrons. The van der Waals surface area contributed by atoms with Gasteiger partial charge in [-0.2, -0.15) is 13.2 Å². The zero-order chi connectivity index (χ0) is 18.6. The third kappa shape index (κ3) is 2.72. The molecule has 4 rings (SSSR count). The average molecular weight is 368 g/mol. The molecule has 4 nitrogen and oxygen atoms in total. The van der Waals surface area contributed by atoms with Crippen molar-refractivity contribution in [2.24, 2.45) is 5.73 Å². The summed E-state index contributed by atoms with van der Waals surface area (Å²) in [6.07, 6.45) is -3.31. The number of nitrogens with zero attached hydrogens (tertiary/aromatic N) is 3. The number of benzene rings is 1. The van der Waals surface area contributed by atoms with Gasteiger partial charge in [0.2, 0.25) is 0 Å². The van der Waals surface area contributed by atoms with E-state index in [1.54, 1.807) is 4.57 Å². The van der Waals surface area contributed by atoms with Crippen molar-refractivity contribution in [3.05, 3.63) is 59.2 Å². The molecule has 2 N–H and O–H groups in total. The smallest absolute Gasteiger partial charge is 0.326 e. The molecule has 0 amide bonds. The third-order valence-corrected chi connectivity index (χ3v) is 4.67. The first-order valence-corrected chi connectivity index (χ1v) is 7.87. The van der Waals surface area contributed by atoms with Crippen molar-refractivity contribution in [1.29, 1.82) is 0 Å². The van der Waals surface area contributed by atoms with Gasteiger partial charge in [-0.15, -0.1) is 0 Å². The van der Waals surface area contributed by atoms with Gasteiger partial charge in [0, 0.05) is 24.9 Å². The quantitative estimate of drug-likeness (QED) is 0.670. The first-order chi connectivity index (χ1) is 12.2. The lowest BCUT2D eigenvalue weighted by molar-refractivity contribution is -0.141. The van der Waals surface area contributed by atoms with Gasteiger partial charge in [0.05, 0.1) is 11.7 Å². The molecule has 3 aromatic rings. The van der Waals surface area contributed by atoms with Crippen LogP contribution in [0.15, 0.2) is 30.5 Å². The summed E-state index contributed by atoms with van der Waals surface area (Å²) in [5.41, 5.74) is 5.85. The Bertz CT molecular complexity index is 995. The van der Waals surface area contributed by atoms with Gasteiger partial charge in [-0.3, -0.25) is 0 Å². The highest BCUT2D eigenvalue weighted by Gasteiger charge is 2.35. The van der Waals surface area contributed by atoms with E-state index < -0.39 is 35.5 Å². The SMILES string of the molecule is NC1Cn2c(nc3cnc(C(F)(F)F)cc32)C[C@@H]1c1cc(F)ccc1F. The Morgan fingerprint density at radius 3 is 2.65 bits per heavy atom. The molecule has 136 valence electrons. The number of nitrogens with two attached hydrogens (primary N) is 1. The maximum Gasteiger partial charge on any atom is 0.433 e. The minimum atomic E-state index is -4.57. The van der Waals surface area contributed by atoms with Crippen LogP contribution in [0.25, 0.3) is 11.0 Å². The van der Waals surface area contributed by atoms with Crippen LogP contribution in [0.1, 0.15) is 23.0 Å². The summed E-state index contributed by atoms with van der Waals surface area (Å²) >= 11 is 0. The van der Waals surface area contributed by atoms with Gasteiger partial charge in [0.1, 0.15) is 28.7 Å². The van der Waals surface area contributed by atoms with Crippen LogP contribution in [0.3, 0.4) is 0 Å².